The lowest BCUT2D eigenvalue weighted by atomic mass is 10.1. The number of hydrogen-bond donors (Lipinski definition) is 1. The van der Waals surface area contributed by atoms with Gasteiger partial charge in [0.25, 0.3) is 0 Å². The molecule has 0 spiro atoms. The molecule has 0 heterocycles. The first-order valence-corrected chi connectivity index (χ1v) is 14.0. The number of sulfonamides is 1. The number of carbonyl (C=O) groups is 2. The Bertz CT molecular complexity index is 1140. The van der Waals surface area contributed by atoms with Crippen LogP contribution in [0.1, 0.15) is 38.3 Å². The second-order valence-corrected chi connectivity index (χ2v) is 11.7. The van der Waals surface area contributed by atoms with E-state index in [0.29, 0.717) is 34.3 Å². The summed E-state index contributed by atoms with van der Waals surface area (Å²) in [6.45, 7) is 7.66. The van der Waals surface area contributed by atoms with Crippen molar-refractivity contribution in [2.45, 2.75) is 46.7 Å². The molecule has 10 heteroatoms. The Labute approximate surface area is 218 Å². The minimum absolute atomic E-state index is 0.0218. The van der Waals surface area contributed by atoms with Gasteiger partial charge in [-0.1, -0.05) is 67.7 Å². The molecule has 192 valence electrons. The van der Waals surface area contributed by atoms with Crippen LogP contribution in [-0.2, 0) is 26.2 Å². The van der Waals surface area contributed by atoms with Crippen molar-refractivity contribution in [3.8, 4) is 0 Å². The van der Waals surface area contributed by atoms with Crippen LogP contribution in [0.4, 0.5) is 5.69 Å². The predicted molar refractivity (Wildman–Crippen MR) is 142 cm³/mol. The van der Waals surface area contributed by atoms with Gasteiger partial charge in [0.15, 0.2) is 0 Å². The Hall–Kier alpha value is -2.29. The van der Waals surface area contributed by atoms with Crippen molar-refractivity contribution in [3.05, 3.63) is 63.6 Å². The van der Waals surface area contributed by atoms with Crippen LogP contribution in [0.3, 0.4) is 0 Å². The van der Waals surface area contributed by atoms with E-state index in [1.54, 1.807) is 49.4 Å². The van der Waals surface area contributed by atoms with Gasteiger partial charge >= 0.3 is 0 Å². The zero-order valence-electron chi connectivity index (χ0n) is 20.7. The molecule has 0 aliphatic heterocycles. The molecular weight excluding hydrogens is 509 g/mol. The molecule has 0 unspecified atom stereocenters. The lowest BCUT2D eigenvalue weighted by molar-refractivity contribution is -0.140. The lowest BCUT2D eigenvalue weighted by Gasteiger charge is -2.33. The van der Waals surface area contributed by atoms with Crippen molar-refractivity contribution < 1.29 is 18.0 Å². The van der Waals surface area contributed by atoms with Gasteiger partial charge in [0.05, 0.1) is 11.9 Å². The molecule has 0 aliphatic rings. The van der Waals surface area contributed by atoms with Gasteiger partial charge in [0, 0.05) is 23.1 Å². The first kappa shape index (κ1) is 28.9. The zero-order chi connectivity index (χ0) is 26.3. The molecule has 0 bridgehead atoms. The highest BCUT2D eigenvalue weighted by Crippen LogP contribution is 2.25. The van der Waals surface area contributed by atoms with E-state index in [1.807, 2.05) is 20.8 Å². The minimum atomic E-state index is -3.78. The highest BCUT2D eigenvalue weighted by Gasteiger charge is 2.32. The van der Waals surface area contributed by atoms with Crippen molar-refractivity contribution in [3.63, 3.8) is 0 Å². The van der Waals surface area contributed by atoms with Gasteiger partial charge in [-0.25, -0.2) is 8.42 Å². The van der Waals surface area contributed by atoms with E-state index >= 15 is 0 Å². The van der Waals surface area contributed by atoms with Crippen LogP contribution >= 0.6 is 23.2 Å². The first-order valence-electron chi connectivity index (χ1n) is 11.4. The maximum atomic E-state index is 13.6. The van der Waals surface area contributed by atoms with E-state index in [2.05, 4.69) is 5.32 Å². The fraction of sp³-hybridized carbons (Fsp3) is 0.440. The number of nitrogens with zero attached hydrogens (tertiary/aromatic N) is 2. The Kier molecular flexibility index (Phi) is 10.4. The monoisotopic (exact) mass is 541 g/mol. The number of nitrogens with one attached hydrogen (secondary N) is 1. The van der Waals surface area contributed by atoms with Gasteiger partial charge in [0.2, 0.25) is 21.8 Å². The molecule has 1 atom stereocenters. The second kappa shape index (κ2) is 12.6. The molecule has 1 N–H and O–H groups in total. The summed E-state index contributed by atoms with van der Waals surface area (Å²) in [6.07, 6.45) is 1.39. The number of rotatable bonds is 11. The summed E-state index contributed by atoms with van der Waals surface area (Å²) in [5, 5.41) is 3.68. The molecule has 0 fully saturated rings. The molecule has 0 saturated carbocycles. The van der Waals surface area contributed by atoms with Gasteiger partial charge in [-0.15, -0.1) is 0 Å². The average Bonchev–Trinajstić information content (AvgIpc) is 2.77. The van der Waals surface area contributed by atoms with Gasteiger partial charge in [0.1, 0.15) is 12.6 Å². The maximum Gasteiger partial charge on any atom is 0.244 e. The average molecular weight is 543 g/mol. The smallest absolute Gasteiger partial charge is 0.244 e. The van der Waals surface area contributed by atoms with E-state index < -0.39 is 28.5 Å². The molecule has 2 rings (SSSR count). The summed E-state index contributed by atoms with van der Waals surface area (Å²) in [5.74, 6) is -0.594. The third-order valence-electron chi connectivity index (χ3n) is 5.43. The number of amides is 2. The quantitative estimate of drug-likeness (QED) is 0.448. The van der Waals surface area contributed by atoms with E-state index in [4.69, 9.17) is 23.2 Å². The van der Waals surface area contributed by atoms with Gasteiger partial charge < -0.3 is 10.2 Å². The van der Waals surface area contributed by atoms with Crippen molar-refractivity contribution >= 4 is 50.7 Å². The predicted octanol–water partition coefficient (Wildman–Crippen LogP) is 4.65. The Morgan fingerprint density at radius 1 is 1.06 bits per heavy atom. The molecule has 2 amide bonds. The molecule has 0 aliphatic carbocycles. The molecule has 0 aromatic heterocycles. The topological polar surface area (TPSA) is 86.8 Å². The Morgan fingerprint density at radius 2 is 1.69 bits per heavy atom. The number of halogens is 2. The van der Waals surface area contributed by atoms with Crippen LogP contribution in [0, 0.1) is 12.8 Å². The molecule has 0 radical (unpaired) electrons. The molecule has 7 nitrogen and oxygen atoms in total. The normalized spacial score (nSPS) is 12.3. The van der Waals surface area contributed by atoms with E-state index in [0.717, 1.165) is 16.1 Å². The Balaban J connectivity index is 2.44. The van der Waals surface area contributed by atoms with Gasteiger partial charge in [-0.2, -0.15) is 0 Å². The second-order valence-electron chi connectivity index (χ2n) is 8.93. The van der Waals surface area contributed by atoms with Crippen molar-refractivity contribution in [2.24, 2.45) is 5.92 Å². The molecule has 0 saturated heterocycles. The van der Waals surface area contributed by atoms with Crippen molar-refractivity contribution in [2.75, 3.05) is 23.7 Å². The summed E-state index contributed by atoms with van der Waals surface area (Å²) in [6, 6.07) is 10.9. The number of benzene rings is 2. The maximum absolute atomic E-state index is 13.6. The van der Waals surface area contributed by atoms with Crippen LogP contribution in [0.15, 0.2) is 42.5 Å². The summed E-state index contributed by atoms with van der Waals surface area (Å²) in [5.41, 5.74) is 1.93. The number of aryl methyl sites for hydroxylation is 1. The van der Waals surface area contributed by atoms with E-state index in [1.165, 1.54) is 4.90 Å². The molecule has 2 aromatic carbocycles. The van der Waals surface area contributed by atoms with E-state index in [9.17, 15) is 18.0 Å². The standard InChI is InChI=1S/C25H33Cl2N3O4S/c1-6-23(25(32)28-14-17(2)3)29(15-19-9-10-20(26)13-22(19)27)24(31)16-30(35(5,33)34)21-11-7-18(4)8-12-21/h7-13,17,23H,6,14-16H2,1-5H3,(H,28,32)/t23-/m1/s1. The summed E-state index contributed by atoms with van der Waals surface area (Å²) >= 11 is 12.4. The SMILES string of the molecule is CC[C@H](C(=O)NCC(C)C)N(Cc1ccc(Cl)cc1Cl)C(=O)CN(c1ccc(C)cc1)S(C)(=O)=O. The fourth-order valence-electron chi connectivity index (χ4n) is 3.50. The van der Waals surface area contributed by atoms with Crippen molar-refractivity contribution in [1.29, 1.82) is 0 Å². The summed E-state index contributed by atoms with van der Waals surface area (Å²) < 4.78 is 26.3. The van der Waals surface area contributed by atoms with Crippen LogP contribution in [0.2, 0.25) is 10.0 Å². The first-order chi connectivity index (χ1) is 16.3. The van der Waals surface area contributed by atoms with Crippen LogP contribution < -0.4 is 9.62 Å². The zero-order valence-corrected chi connectivity index (χ0v) is 23.0. The van der Waals surface area contributed by atoms with E-state index in [-0.39, 0.29) is 18.4 Å². The number of carbonyl (C=O) groups excluding carboxylic acids is 2. The minimum Gasteiger partial charge on any atom is -0.354 e. The summed E-state index contributed by atoms with van der Waals surface area (Å²) in [4.78, 5) is 28.1. The number of anilines is 1. The molecule has 35 heavy (non-hydrogen) atoms. The van der Waals surface area contributed by atoms with Crippen LogP contribution in [0.5, 0.6) is 0 Å². The molecule has 2 aromatic rings. The fourth-order valence-corrected chi connectivity index (χ4v) is 4.82. The number of hydrogen-bond acceptors (Lipinski definition) is 4. The van der Waals surface area contributed by atoms with Crippen LogP contribution in [0.25, 0.3) is 0 Å². The Morgan fingerprint density at radius 3 is 2.20 bits per heavy atom. The van der Waals surface area contributed by atoms with Crippen LogP contribution in [-0.4, -0.2) is 50.5 Å². The largest absolute Gasteiger partial charge is 0.354 e. The van der Waals surface area contributed by atoms with Gasteiger partial charge in [-0.3, -0.25) is 13.9 Å². The summed E-state index contributed by atoms with van der Waals surface area (Å²) in [7, 11) is -3.78. The van der Waals surface area contributed by atoms with Crippen molar-refractivity contribution in [1.82, 2.24) is 10.2 Å². The third kappa shape index (κ3) is 8.40. The molecular formula is C25H33Cl2N3O4S. The third-order valence-corrected chi connectivity index (χ3v) is 7.15. The highest BCUT2D eigenvalue weighted by molar-refractivity contribution is 7.92. The van der Waals surface area contributed by atoms with Gasteiger partial charge in [-0.05, 0) is 49.1 Å². The lowest BCUT2D eigenvalue weighted by Crippen LogP contribution is -2.52. The highest BCUT2D eigenvalue weighted by atomic mass is 35.5.